The van der Waals surface area contributed by atoms with Crippen LogP contribution in [-0.4, -0.2) is 18.5 Å². The van der Waals surface area contributed by atoms with Gasteiger partial charge in [-0.1, -0.05) is 26.0 Å². The Morgan fingerprint density at radius 2 is 1.89 bits per heavy atom. The largest absolute Gasteiger partial charge is 0.425 e. The van der Waals surface area contributed by atoms with E-state index >= 15 is 0 Å². The molecule has 0 aliphatic heterocycles. The van der Waals surface area contributed by atoms with Gasteiger partial charge < -0.3 is 16.2 Å². The molecule has 0 atom stereocenters. The highest BCUT2D eigenvalue weighted by atomic mass is 16.5. The Bertz CT molecular complexity index is 420. The lowest BCUT2D eigenvalue weighted by Crippen LogP contribution is -2.25. The third-order valence-electron chi connectivity index (χ3n) is 2.19. The van der Waals surface area contributed by atoms with Crippen LogP contribution in [0.1, 0.15) is 19.4 Å². The Balaban J connectivity index is 2.53. The Kier molecular flexibility index (Phi) is 5.17. The Labute approximate surface area is 107 Å². The Morgan fingerprint density at radius 1 is 1.28 bits per heavy atom. The molecule has 98 valence electrons. The number of carbonyl (C=O) groups is 1. The number of benzene rings is 1. The van der Waals surface area contributed by atoms with E-state index in [2.05, 4.69) is 18.8 Å². The highest BCUT2D eigenvalue weighted by molar-refractivity contribution is 5.81. The molecular formula is C13H19N3O2. The smallest absolute Gasteiger partial charge is 0.333 e. The fraction of sp³-hybridized carbons (Fsp3) is 0.385. The predicted octanol–water partition coefficient (Wildman–Crippen LogP) is 1.06. The maximum absolute atomic E-state index is 11.3. The van der Waals surface area contributed by atoms with Gasteiger partial charge in [-0.3, -0.25) is 0 Å². The molecule has 0 heterocycles. The molecule has 5 nitrogen and oxygen atoms in total. The van der Waals surface area contributed by atoms with E-state index in [1.54, 1.807) is 12.1 Å². The van der Waals surface area contributed by atoms with Gasteiger partial charge in [0, 0.05) is 0 Å². The van der Waals surface area contributed by atoms with Crippen molar-refractivity contribution in [1.82, 2.24) is 0 Å². The van der Waals surface area contributed by atoms with Crippen LogP contribution in [0.4, 0.5) is 0 Å². The van der Waals surface area contributed by atoms with Crippen molar-refractivity contribution in [3.63, 3.8) is 0 Å². The van der Waals surface area contributed by atoms with E-state index in [1.165, 1.54) is 5.56 Å². The van der Waals surface area contributed by atoms with Crippen LogP contribution < -0.4 is 16.2 Å². The first kappa shape index (κ1) is 14.0. The number of guanidine groups is 1. The monoisotopic (exact) mass is 249 g/mol. The third-order valence-corrected chi connectivity index (χ3v) is 2.19. The molecule has 4 N–H and O–H groups in total. The van der Waals surface area contributed by atoms with Crippen molar-refractivity contribution in [2.45, 2.75) is 20.3 Å². The molecule has 0 aliphatic carbocycles. The molecule has 0 unspecified atom stereocenters. The molecule has 0 saturated carbocycles. The van der Waals surface area contributed by atoms with Crippen LogP contribution in [0.2, 0.25) is 0 Å². The average molecular weight is 249 g/mol. The zero-order valence-corrected chi connectivity index (χ0v) is 10.7. The first-order chi connectivity index (χ1) is 8.47. The second-order valence-electron chi connectivity index (χ2n) is 4.46. The van der Waals surface area contributed by atoms with Crippen LogP contribution in [0.15, 0.2) is 29.3 Å². The minimum atomic E-state index is -0.486. The molecule has 0 bridgehead atoms. The predicted molar refractivity (Wildman–Crippen MR) is 71.3 cm³/mol. The Morgan fingerprint density at radius 3 is 2.39 bits per heavy atom. The number of aliphatic imine (C=N–C) groups is 1. The zero-order chi connectivity index (χ0) is 13.5. The summed E-state index contributed by atoms with van der Waals surface area (Å²) in [7, 11) is 0. The van der Waals surface area contributed by atoms with E-state index in [9.17, 15) is 4.79 Å². The molecule has 1 rings (SSSR count). The van der Waals surface area contributed by atoms with Gasteiger partial charge in [0.25, 0.3) is 0 Å². The normalized spacial score (nSPS) is 10.2. The highest BCUT2D eigenvalue weighted by Gasteiger charge is 2.04. The van der Waals surface area contributed by atoms with E-state index in [-0.39, 0.29) is 12.5 Å². The van der Waals surface area contributed by atoms with E-state index in [0.29, 0.717) is 11.7 Å². The zero-order valence-electron chi connectivity index (χ0n) is 10.7. The van der Waals surface area contributed by atoms with E-state index < -0.39 is 5.97 Å². The van der Waals surface area contributed by atoms with Gasteiger partial charge in [-0.25, -0.2) is 9.79 Å². The molecule has 0 fully saturated rings. The summed E-state index contributed by atoms with van der Waals surface area (Å²) in [6.45, 7) is 4.14. The number of hydrogen-bond donors (Lipinski definition) is 2. The standard InChI is InChI=1S/C13H19N3O2/c1-9(2)7-10-3-5-11(6-4-10)18-12(17)8-16-13(14)15/h3-6,9H,7-8H2,1-2H3,(H4,14,15,16). The third kappa shape index (κ3) is 5.34. The van der Waals surface area contributed by atoms with Gasteiger partial charge in [-0.05, 0) is 30.0 Å². The maximum atomic E-state index is 11.3. The number of carbonyl (C=O) groups excluding carboxylic acids is 1. The number of esters is 1. The quantitative estimate of drug-likeness (QED) is 0.353. The highest BCUT2D eigenvalue weighted by Crippen LogP contribution is 2.15. The van der Waals surface area contributed by atoms with Gasteiger partial charge in [-0.2, -0.15) is 0 Å². The second kappa shape index (κ2) is 6.64. The summed E-state index contributed by atoms with van der Waals surface area (Å²) < 4.78 is 5.07. The van der Waals surface area contributed by atoms with E-state index in [1.807, 2.05) is 12.1 Å². The molecule has 0 saturated heterocycles. The molecule has 0 spiro atoms. The van der Waals surface area contributed by atoms with Crippen molar-refractivity contribution >= 4 is 11.9 Å². The molecule has 1 aromatic carbocycles. The number of rotatable bonds is 5. The second-order valence-corrected chi connectivity index (χ2v) is 4.46. The lowest BCUT2D eigenvalue weighted by atomic mass is 10.0. The van der Waals surface area contributed by atoms with Crippen LogP contribution in [0.25, 0.3) is 0 Å². The van der Waals surface area contributed by atoms with Gasteiger partial charge in [-0.15, -0.1) is 0 Å². The number of hydrogen-bond acceptors (Lipinski definition) is 3. The van der Waals surface area contributed by atoms with Crippen LogP contribution in [-0.2, 0) is 11.2 Å². The molecule has 5 heteroatoms. The summed E-state index contributed by atoms with van der Waals surface area (Å²) in [4.78, 5) is 14.9. The summed E-state index contributed by atoms with van der Waals surface area (Å²) in [5.74, 6) is 0.484. The minimum absolute atomic E-state index is 0.126. The van der Waals surface area contributed by atoms with Crippen LogP contribution in [0, 0.1) is 5.92 Å². The number of nitrogens with zero attached hydrogens (tertiary/aromatic N) is 1. The summed E-state index contributed by atoms with van der Waals surface area (Å²) >= 11 is 0. The topological polar surface area (TPSA) is 90.7 Å². The summed E-state index contributed by atoms with van der Waals surface area (Å²) in [6.07, 6.45) is 1.00. The van der Waals surface area contributed by atoms with Gasteiger partial charge >= 0.3 is 5.97 Å². The lowest BCUT2D eigenvalue weighted by molar-refractivity contribution is -0.132. The van der Waals surface area contributed by atoms with Gasteiger partial charge in [0.1, 0.15) is 12.3 Å². The molecular weight excluding hydrogens is 230 g/mol. The molecule has 0 aliphatic rings. The van der Waals surface area contributed by atoms with Gasteiger partial charge in [0.2, 0.25) is 0 Å². The van der Waals surface area contributed by atoms with Crippen molar-refractivity contribution in [2.24, 2.45) is 22.4 Å². The number of ether oxygens (including phenoxy) is 1. The van der Waals surface area contributed by atoms with E-state index in [4.69, 9.17) is 16.2 Å². The van der Waals surface area contributed by atoms with E-state index in [0.717, 1.165) is 6.42 Å². The van der Waals surface area contributed by atoms with Gasteiger partial charge in [0.05, 0.1) is 0 Å². The Hall–Kier alpha value is -2.04. The van der Waals surface area contributed by atoms with Gasteiger partial charge in [0.15, 0.2) is 5.96 Å². The summed E-state index contributed by atoms with van der Waals surface area (Å²) in [5, 5.41) is 0. The van der Waals surface area contributed by atoms with Crippen molar-refractivity contribution < 1.29 is 9.53 Å². The van der Waals surface area contributed by atoms with Crippen LogP contribution in [0.5, 0.6) is 5.75 Å². The average Bonchev–Trinajstić information content (AvgIpc) is 2.28. The van der Waals surface area contributed by atoms with Crippen molar-refractivity contribution in [1.29, 1.82) is 0 Å². The van der Waals surface area contributed by atoms with Crippen LogP contribution >= 0.6 is 0 Å². The minimum Gasteiger partial charge on any atom is -0.425 e. The molecule has 0 aromatic heterocycles. The van der Waals surface area contributed by atoms with Crippen molar-refractivity contribution in [3.8, 4) is 5.75 Å². The fourth-order valence-electron chi connectivity index (χ4n) is 1.48. The summed E-state index contributed by atoms with van der Waals surface area (Å²) in [5.41, 5.74) is 11.5. The maximum Gasteiger partial charge on any atom is 0.333 e. The molecule has 0 radical (unpaired) electrons. The molecule has 18 heavy (non-hydrogen) atoms. The summed E-state index contributed by atoms with van der Waals surface area (Å²) in [6, 6.07) is 7.43. The SMILES string of the molecule is CC(C)Cc1ccc(OC(=O)CN=C(N)N)cc1. The van der Waals surface area contributed by atoms with Crippen molar-refractivity contribution in [2.75, 3.05) is 6.54 Å². The van der Waals surface area contributed by atoms with Crippen molar-refractivity contribution in [3.05, 3.63) is 29.8 Å². The number of nitrogens with two attached hydrogens (primary N) is 2. The molecule has 1 aromatic rings. The first-order valence-electron chi connectivity index (χ1n) is 5.82. The van der Waals surface area contributed by atoms with Crippen LogP contribution in [0.3, 0.4) is 0 Å². The fourth-order valence-corrected chi connectivity index (χ4v) is 1.48. The lowest BCUT2D eigenvalue weighted by Gasteiger charge is -2.06. The first-order valence-corrected chi connectivity index (χ1v) is 5.82. The molecule has 0 amide bonds.